The molecule has 0 aliphatic rings. The van der Waals surface area contributed by atoms with Gasteiger partial charge in [0, 0.05) is 37.1 Å². The molecule has 0 bridgehead atoms. The van der Waals surface area contributed by atoms with Gasteiger partial charge >= 0.3 is 0 Å². The summed E-state index contributed by atoms with van der Waals surface area (Å²) >= 11 is 0. The van der Waals surface area contributed by atoms with Crippen LogP contribution in [0.4, 0.5) is 0 Å². The van der Waals surface area contributed by atoms with Gasteiger partial charge in [-0.25, -0.2) is 0 Å². The SMILES string of the molecule is Cc1c(O)cccc1C(=O)NCc1ccn(C)c1. The number of amides is 1. The fraction of sp³-hybridized carbons (Fsp3) is 0.214. The summed E-state index contributed by atoms with van der Waals surface area (Å²) in [5.74, 6) is -0.0328. The van der Waals surface area contributed by atoms with Crippen LogP contribution in [-0.4, -0.2) is 15.6 Å². The molecule has 94 valence electrons. The Morgan fingerprint density at radius 1 is 1.39 bits per heavy atom. The first-order chi connectivity index (χ1) is 8.58. The van der Waals surface area contributed by atoms with Crippen LogP contribution in [0.3, 0.4) is 0 Å². The van der Waals surface area contributed by atoms with Crippen LogP contribution in [0.15, 0.2) is 36.7 Å². The first-order valence-corrected chi connectivity index (χ1v) is 5.75. The summed E-state index contributed by atoms with van der Waals surface area (Å²) in [6, 6.07) is 6.90. The first-order valence-electron chi connectivity index (χ1n) is 5.75. The van der Waals surface area contributed by atoms with Crippen molar-refractivity contribution < 1.29 is 9.90 Å². The average Bonchev–Trinajstić information content (AvgIpc) is 2.76. The number of phenols is 1. The number of phenolic OH excluding ortho intramolecular Hbond substituents is 1. The molecule has 1 aromatic carbocycles. The highest BCUT2D eigenvalue weighted by atomic mass is 16.3. The van der Waals surface area contributed by atoms with E-state index in [4.69, 9.17) is 0 Å². The smallest absolute Gasteiger partial charge is 0.251 e. The van der Waals surface area contributed by atoms with Gasteiger partial charge in [-0.05, 0) is 30.7 Å². The Morgan fingerprint density at radius 3 is 2.83 bits per heavy atom. The Morgan fingerprint density at radius 2 is 2.17 bits per heavy atom. The lowest BCUT2D eigenvalue weighted by Crippen LogP contribution is -2.23. The van der Waals surface area contributed by atoms with E-state index in [1.807, 2.05) is 30.1 Å². The molecule has 0 saturated heterocycles. The molecule has 18 heavy (non-hydrogen) atoms. The zero-order valence-corrected chi connectivity index (χ0v) is 10.5. The van der Waals surface area contributed by atoms with Crippen molar-refractivity contribution in [1.82, 2.24) is 9.88 Å². The van der Waals surface area contributed by atoms with Crippen molar-refractivity contribution >= 4 is 5.91 Å². The Bertz CT molecular complexity index is 573. The molecule has 0 aliphatic heterocycles. The highest BCUT2D eigenvalue weighted by Gasteiger charge is 2.10. The van der Waals surface area contributed by atoms with Crippen molar-refractivity contribution in [1.29, 1.82) is 0 Å². The second-order valence-electron chi connectivity index (χ2n) is 4.32. The predicted molar refractivity (Wildman–Crippen MR) is 69.4 cm³/mol. The maximum Gasteiger partial charge on any atom is 0.251 e. The quantitative estimate of drug-likeness (QED) is 0.867. The zero-order chi connectivity index (χ0) is 13.1. The van der Waals surface area contributed by atoms with Gasteiger partial charge in [-0.1, -0.05) is 6.07 Å². The number of aromatic nitrogens is 1. The third-order valence-corrected chi connectivity index (χ3v) is 2.90. The van der Waals surface area contributed by atoms with E-state index in [9.17, 15) is 9.90 Å². The van der Waals surface area contributed by atoms with Gasteiger partial charge in [0.25, 0.3) is 5.91 Å². The van der Waals surface area contributed by atoms with E-state index >= 15 is 0 Å². The molecule has 1 aromatic heterocycles. The molecule has 0 spiro atoms. The first kappa shape index (κ1) is 12.2. The summed E-state index contributed by atoms with van der Waals surface area (Å²) in [7, 11) is 1.94. The minimum absolute atomic E-state index is 0.141. The number of hydrogen-bond acceptors (Lipinski definition) is 2. The van der Waals surface area contributed by atoms with E-state index in [1.165, 1.54) is 0 Å². The molecule has 1 amide bonds. The topological polar surface area (TPSA) is 54.3 Å². The number of aryl methyl sites for hydroxylation is 1. The van der Waals surface area contributed by atoms with Gasteiger partial charge in [0.1, 0.15) is 5.75 Å². The molecule has 0 unspecified atom stereocenters. The van der Waals surface area contributed by atoms with E-state index in [0.29, 0.717) is 17.7 Å². The van der Waals surface area contributed by atoms with Gasteiger partial charge < -0.3 is 15.0 Å². The van der Waals surface area contributed by atoms with Crippen LogP contribution in [0.1, 0.15) is 21.5 Å². The maximum absolute atomic E-state index is 12.0. The molecule has 4 nitrogen and oxygen atoms in total. The van der Waals surface area contributed by atoms with E-state index in [-0.39, 0.29) is 11.7 Å². The van der Waals surface area contributed by atoms with Gasteiger partial charge in [-0.3, -0.25) is 4.79 Å². The number of aromatic hydroxyl groups is 1. The van der Waals surface area contributed by atoms with Crippen LogP contribution >= 0.6 is 0 Å². The molecule has 2 aromatic rings. The van der Waals surface area contributed by atoms with Gasteiger partial charge in [-0.15, -0.1) is 0 Å². The number of carbonyl (C=O) groups excluding carboxylic acids is 1. The van der Waals surface area contributed by atoms with Crippen molar-refractivity contribution in [2.75, 3.05) is 0 Å². The van der Waals surface area contributed by atoms with E-state index < -0.39 is 0 Å². The third-order valence-electron chi connectivity index (χ3n) is 2.90. The average molecular weight is 244 g/mol. The van der Waals surface area contributed by atoms with Crippen LogP contribution in [0.2, 0.25) is 0 Å². The Balaban J connectivity index is 2.06. The van der Waals surface area contributed by atoms with Crippen LogP contribution in [0.25, 0.3) is 0 Å². The predicted octanol–water partition coefficient (Wildman–Crippen LogP) is 1.97. The molecule has 0 atom stereocenters. The number of benzene rings is 1. The second kappa shape index (κ2) is 4.96. The fourth-order valence-corrected chi connectivity index (χ4v) is 1.81. The summed E-state index contributed by atoms with van der Waals surface area (Å²) < 4.78 is 1.93. The van der Waals surface area contributed by atoms with Gasteiger partial charge in [0.15, 0.2) is 0 Å². The van der Waals surface area contributed by atoms with Crippen LogP contribution in [-0.2, 0) is 13.6 Å². The van der Waals surface area contributed by atoms with Crippen molar-refractivity contribution in [3.63, 3.8) is 0 Å². The molecular formula is C14H16N2O2. The number of rotatable bonds is 3. The lowest BCUT2D eigenvalue weighted by molar-refractivity contribution is 0.0950. The number of nitrogens with zero attached hydrogens (tertiary/aromatic N) is 1. The van der Waals surface area contributed by atoms with Crippen LogP contribution in [0.5, 0.6) is 5.75 Å². The van der Waals surface area contributed by atoms with Crippen molar-refractivity contribution in [3.8, 4) is 5.75 Å². The summed E-state index contributed by atoms with van der Waals surface area (Å²) in [4.78, 5) is 12.0. The lowest BCUT2D eigenvalue weighted by Gasteiger charge is -2.08. The maximum atomic E-state index is 12.0. The zero-order valence-electron chi connectivity index (χ0n) is 10.5. The highest BCUT2D eigenvalue weighted by Crippen LogP contribution is 2.19. The molecular weight excluding hydrogens is 228 g/mol. The number of nitrogens with one attached hydrogen (secondary N) is 1. The minimum atomic E-state index is -0.174. The Hall–Kier alpha value is -2.23. The molecule has 4 heteroatoms. The second-order valence-corrected chi connectivity index (χ2v) is 4.32. The molecule has 0 fully saturated rings. The highest BCUT2D eigenvalue weighted by molar-refractivity contribution is 5.96. The molecule has 1 heterocycles. The summed E-state index contributed by atoms with van der Waals surface area (Å²) in [6.45, 7) is 2.21. The normalized spacial score (nSPS) is 10.3. The van der Waals surface area contributed by atoms with Crippen LogP contribution in [0, 0.1) is 6.92 Å². The molecule has 0 aliphatic carbocycles. The molecule has 2 rings (SSSR count). The fourth-order valence-electron chi connectivity index (χ4n) is 1.81. The van der Waals surface area contributed by atoms with Crippen molar-refractivity contribution in [2.45, 2.75) is 13.5 Å². The van der Waals surface area contributed by atoms with Crippen molar-refractivity contribution in [3.05, 3.63) is 53.3 Å². The summed E-state index contributed by atoms with van der Waals surface area (Å²) in [5, 5.41) is 12.4. The standard InChI is InChI=1S/C14H16N2O2/c1-10-12(4-3-5-13(10)17)14(18)15-8-11-6-7-16(2)9-11/h3-7,9,17H,8H2,1-2H3,(H,15,18). The van der Waals surface area contributed by atoms with Gasteiger partial charge in [0.05, 0.1) is 0 Å². The monoisotopic (exact) mass is 244 g/mol. The largest absolute Gasteiger partial charge is 0.508 e. The van der Waals surface area contributed by atoms with E-state index in [1.54, 1.807) is 25.1 Å². The molecule has 0 radical (unpaired) electrons. The van der Waals surface area contributed by atoms with Crippen molar-refractivity contribution in [2.24, 2.45) is 7.05 Å². The van der Waals surface area contributed by atoms with Gasteiger partial charge in [0.2, 0.25) is 0 Å². The Kier molecular flexibility index (Phi) is 3.37. The van der Waals surface area contributed by atoms with Crippen LogP contribution < -0.4 is 5.32 Å². The van der Waals surface area contributed by atoms with Gasteiger partial charge in [-0.2, -0.15) is 0 Å². The lowest BCUT2D eigenvalue weighted by atomic mass is 10.1. The summed E-state index contributed by atoms with van der Waals surface area (Å²) in [6.07, 6.45) is 3.89. The molecule has 2 N–H and O–H groups in total. The summed E-state index contributed by atoms with van der Waals surface area (Å²) in [5.41, 5.74) is 2.15. The van der Waals surface area contributed by atoms with E-state index in [2.05, 4.69) is 5.32 Å². The number of carbonyl (C=O) groups is 1. The molecule has 0 saturated carbocycles. The third kappa shape index (κ3) is 2.53. The Labute approximate surface area is 106 Å². The minimum Gasteiger partial charge on any atom is -0.508 e. The number of hydrogen-bond donors (Lipinski definition) is 2. The van der Waals surface area contributed by atoms with E-state index in [0.717, 1.165) is 5.56 Å².